The van der Waals surface area contributed by atoms with Crippen LogP contribution >= 0.6 is 23.4 Å². The molecule has 0 aliphatic carbocycles. The minimum Gasteiger partial charge on any atom is -0.324 e. The molecule has 0 radical (unpaired) electrons. The normalized spacial score (nSPS) is 15.2. The monoisotopic (exact) mass is 470 g/mol. The minimum absolute atomic E-state index is 0.154. The van der Waals surface area contributed by atoms with Crippen LogP contribution in [0.25, 0.3) is 17.1 Å². The Labute approximate surface area is 192 Å². The van der Waals surface area contributed by atoms with Gasteiger partial charge in [0.25, 0.3) is 11.1 Å². The van der Waals surface area contributed by atoms with Gasteiger partial charge in [-0.2, -0.15) is 0 Å². The van der Waals surface area contributed by atoms with Gasteiger partial charge in [-0.25, -0.2) is 4.79 Å². The van der Waals surface area contributed by atoms with Crippen molar-refractivity contribution >= 4 is 63.2 Å². The summed E-state index contributed by atoms with van der Waals surface area (Å²) in [5.74, 6) is -1.04. The number of aromatic nitrogens is 2. The van der Waals surface area contributed by atoms with E-state index in [9.17, 15) is 19.2 Å². The molecule has 2 heterocycles. The van der Waals surface area contributed by atoms with E-state index in [-0.39, 0.29) is 10.6 Å². The van der Waals surface area contributed by atoms with E-state index in [1.165, 1.54) is 9.13 Å². The van der Waals surface area contributed by atoms with Crippen LogP contribution in [0.15, 0.2) is 46.1 Å². The van der Waals surface area contributed by atoms with Crippen LogP contribution < -0.4 is 11.0 Å². The number of anilines is 1. The number of imide groups is 1. The van der Waals surface area contributed by atoms with Gasteiger partial charge in [0.2, 0.25) is 5.91 Å². The third-order valence-corrected chi connectivity index (χ3v) is 6.39. The number of hydrogen-bond acceptors (Lipinski definition) is 5. The summed E-state index contributed by atoms with van der Waals surface area (Å²) in [4.78, 5) is 50.8. The van der Waals surface area contributed by atoms with Gasteiger partial charge in [-0.15, -0.1) is 0 Å². The highest BCUT2D eigenvalue weighted by Gasteiger charge is 2.36. The number of thioether (sulfide) groups is 1. The van der Waals surface area contributed by atoms with Crippen LogP contribution in [0.4, 0.5) is 10.5 Å². The Morgan fingerprint density at radius 1 is 1.06 bits per heavy atom. The molecule has 1 N–H and O–H groups in total. The second kappa shape index (κ2) is 8.33. The maximum absolute atomic E-state index is 12.8. The molecular weight excluding hydrogens is 452 g/mol. The van der Waals surface area contributed by atoms with Gasteiger partial charge >= 0.3 is 5.69 Å². The zero-order chi connectivity index (χ0) is 23.2. The van der Waals surface area contributed by atoms with Crippen LogP contribution in [0.1, 0.15) is 11.1 Å². The molecule has 0 bridgehead atoms. The lowest BCUT2D eigenvalue weighted by atomic mass is 10.2. The first-order valence-electron chi connectivity index (χ1n) is 9.62. The lowest BCUT2D eigenvalue weighted by molar-refractivity contribution is -0.127. The van der Waals surface area contributed by atoms with E-state index in [1.54, 1.807) is 56.6 Å². The fourth-order valence-corrected chi connectivity index (χ4v) is 4.47. The van der Waals surface area contributed by atoms with Crippen LogP contribution in [0.5, 0.6) is 0 Å². The van der Waals surface area contributed by atoms with Crippen molar-refractivity contribution in [2.24, 2.45) is 14.1 Å². The Bertz CT molecular complexity index is 1390. The minimum atomic E-state index is -0.542. The van der Waals surface area contributed by atoms with Crippen molar-refractivity contribution in [1.82, 2.24) is 14.0 Å². The second-order valence-electron chi connectivity index (χ2n) is 7.42. The fraction of sp³-hybridized carbons (Fsp3) is 0.182. The van der Waals surface area contributed by atoms with Gasteiger partial charge in [0.1, 0.15) is 6.54 Å². The standard InChI is InChI=1S/C22H19ClN4O4S/c1-12-4-6-14(23)10-15(12)24-19(28)11-27-20(29)18(32-22(27)31)9-13-5-7-16-17(8-13)26(3)21(30)25(16)2/h4-10H,11H2,1-3H3,(H,24,28). The Balaban J connectivity index is 1.53. The molecule has 0 atom stereocenters. The van der Waals surface area contributed by atoms with E-state index >= 15 is 0 Å². The van der Waals surface area contributed by atoms with Crippen molar-refractivity contribution in [1.29, 1.82) is 0 Å². The van der Waals surface area contributed by atoms with Crippen LogP contribution in [-0.4, -0.2) is 37.6 Å². The summed E-state index contributed by atoms with van der Waals surface area (Å²) in [6.07, 6.45) is 1.58. The molecule has 4 rings (SSSR count). The van der Waals surface area contributed by atoms with Crippen molar-refractivity contribution in [3.63, 3.8) is 0 Å². The van der Waals surface area contributed by atoms with Gasteiger partial charge in [-0.05, 0) is 60.2 Å². The number of nitrogens with zero attached hydrogens (tertiary/aromatic N) is 3. The number of hydrogen-bond donors (Lipinski definition) is 1. The Morgan fingerprint density at radius 2 is 1.78 bits per heavy atom. The zero-order valence-corrected chi connectivity index (χ0v) is 19.1. The molecule has 1 saturated heterocycles. The summed E-state index contributed by atoms with van der Waals surface area (Å²) >= 11 is 6.74. The highest BCUT2D eigenvalue weighted by molar-refractivity contribution is 8.18. The van der Waals surface area contributed by atoms with Gasteiger partial charge in [0.15, 0.2) is 0 Å². The molecule has 3 amide bonds. The van der Waals surface area contributed by atoms with Gasteiger partial charge in [0, 0.05) is 24.8 Å². The third-order valence-electron chi connectivity index (χ3n) is 5.24. The maximum atomic E-state index is 12.8. The molecule has 1 aromatic heterocycles. The highest BCUT2D eigenvalue weighted by atomic mass is 35.5. The predicted octanol–water partition coefficient (Wildman–Crippen LogP) is 3.51. The first-order chi connectivity index (χ1) is 15.2. The van der Waals surface area contributed by atoms with E-state index in [2.05, 4.69) is 5.32 Å². The lowest BCUT2D eigenvalue weighted by Crippen LogP contribution is -2.36. The number of imidazole rings is 1. The topological polar surface area (TPSA) is 93.4 Å². The third kappa shape index (κ3) is 3.96. The van der Waals surface area contributed by atoms with Crippen LogP contribution in [0.3, 0.4) is 0 Å². The lowest BCUT2D eigenvalue weighted by Gasteiger charge is -2.13. The van der Waals surface area contributed by atoms with Crippen LogP contribution in [0, 0.1) is 6.92 Å². The molecule has 32 heavy (non-hydrogen) atoms. The first kappa shape index (κ1) is 21.9. The number of carbonyl (C=O) groups excluding carboxylic acids is 3. The number of rotatable bonds is 4. The smallest absolute Gasteiger partial charge is 0.324 e. The molecule has 1 aliphatic heterocycles. The van der Waals surface area contributed by atoms with Crippen molar-refractivity contribution in [2.45, 2.75) is 6.92 Å². The number of amides is 3. The van der Waals surface area contributed by atoms with E-state index < -0.39 is 23.6 Å². The number of aryl methyl sites for hydroxylation is 3. The Kier molecular flexibility index (Phi) is 5.70. The van der Waals surface area contributed by atoms with Gasteiger partial charge < -0.3 is 5.32 Å². The fourth-order valence-electron chi connectivity index (χ4n) is 3.46. The summed E-state index contributed by atoms with van der Waals surface area (Å²) in [6.45, 7) is 1.41. The molecular formula is C22H19ClN4O4S. The summed E-state index contributed by atoms with van der Waals surface area (Å²) < 4.78 is 3.05. The molecule has 2 aromatic carbocycles. The van der Waals surface area contributed by atoms with Gasteiger partial charge in [0.05, 0.1) is 15.9 Å². The quantitative estimate of drug-likeness (QED) is 0.589. The number of carbonyl (C=O) groups is 3. The van der Waals surface area contributed by atoms with Gasteiger partial charge in [-0.3, -0.25) is 28.4 Å². The molecule has 3 aromatic rings. The van der Waals surface area contributed by atoms with E-state index in [0.717, 1.165) is 27.7 Å². The molecule has 0 saturated carbocycles. The average Bonchev–Trinajstić information content (AvgIpc) is 3.13. The number of benzene rings is 2. The SMILES string of the molecule is Cc1ccc(Cl)cc1NC(=O)CN1C(=O)SC(=Cc2ccc3c(c2)n(C)c(=O)n3C)C1=O. The molecule has 1 aliphatic rings. The number of halogens is 1. The zero-order valence-electron chi connectivity index (χ0n) is 17.5. The Morgan fingerprint density at radius 3 is 2.53 bits per heavy atom. The number of nitrogens with one attached hydrogen (secondary N) is 1. The largest absolute Gasteiger partial charge is 0.328 e. The van der Waals surface area contributed by atoms with Crippen molar-refractivity contribution in [3.05, 3.63) is 67.9 Å². The first-order valence-corrected chi connectivity index (χ1v) is 10.8. The van der Waals surface area contributed by atoms with E-state index in [0.29, 0.717) is 21.8 Å². The average molecular weight is 471 g/mol. The predicted molar refractivity (Wildman–Crippen MR) is 126 cm³/mol. The Hall–Kier alpha value is -3.30. The van der Waals surface area contributed by atoms with E-state index in [1.807, 2.05) is 6.92 Å². The second-order valence-corrected chi connectivity index (χ2v) is 8.85. The van der Waals surface area contributed by atoms with Crippen molar-refractivity contribution in [2.75, 3.05) is 11.9 Å². The number of fused-ring (bicyclic) bond motifs is 1. The summed E-state index contributed by atoms with van der Waals surface area (Å²) in [6, 6.07) is 10.4. The summed E-state index contributed by atoms with van der Waals surface area (Å²) in [5.41, 5.74) is 3.31. The molecule has 1 fully saturated rings. The van der Waals surface area contributed by atoms with Crippen molar-refractivity contribution < 1.29 is 14.4 Å². The summed E-state index contributed by atoms with van der Waals surface area (Å²) in [5, 5.41) is 2.63. The van der Waals surface area contributed by atoms with Crippen LogP contribution in [0.2, 0.25) is 5.02 Å². The highest BCUT2D eigenvalue weighted by Crippen LogP contribution is 2.32. The van der Waals surface area contributed by atoms with Crippen LogP contribution in [-0.2, 0) is 23.7 Å². The molecule has 0 spiro atoms. The van der Waals surface area contributed by atoms with Crippen molar-refractivity contribution in [3.8, 4) is 0 Å². The molecule has 10 heteroatoms. The maximum Gasteiger partial charge on any atom is 0.328 e. The molecule has 0 unspecified atom stereocenters. The van der Waals surface area contributed by atoms with E-state index in [4.69, 9.17) is 11.6 Å². The molecule has 164 valence electrons. The summed E-state index contributed by atoms with van der Waals surface area (Å²) in [7, 11) is 3.36. The molecule has 8 nitrogen and oxygen atoms in total. The van der Waals surface area contributed by atoms with Gasteiger partial charge in [-0.1, -0.05) is 23.7 Å².